The van der Waals surface area contributed by atoms with E-state index in [-0.39, 0.29) is 5.41 Å². The van der Waals surface area contributed by atoms with Crippen LogP contribution in [-0.2, 0) is 11.3 Å². The standard InChI is InChI=1S/C16H29N3O/c1-13(6-10-19-9-5-8-18-19)17-12-14-7-11-20-15(14)16(2,3)4/h5,8-9,13-15,17H,6-7,10-12H2,1-4H3/t13-,14-,15+/m1/s1. The number of hydrogen-bond donors (Lipinski definition) is 1. The summed E-state index contributed by atoms with van der Waals surface area (Å²) in [4.78, 5) is 0. The molecule has 0 radical (unpaired) electrons. The molecule has 2 heterocycles. The molecule has 1 aromatic heterocycles. The monoisotopic (exact) mass is 279 g/mol. The van der Waals surface area contributed by atoms with E-state index in [9.17, 15) is 0 Å². The number of aromatic nitrogens is 2. The summed E-state index contributed by atoms with van der Waals surface area (Å²) in [5, 5.41) is 7.91. The quantitative estimate of drug-likeness (QED) is 0.870. The molecule has 1 N–H and O–H groups in total. The van der Waals surface area contributed by atoms with Gasteiger partial charge in [-0.1, -0.05) is 20.8 Å². The molecule has 0 bridgehead atoms. The van der Waals surface area contributed by atoms with Crippen molar-refractivity contribution in [3.8, 4) is 0 Å². The van der Waals surface area contributed by atoms with Gasteiger partial charge in [-0.25, -0.2) is 0 Å². The minimum absolute atomic E-state index is 0.237. The van der Waals surface area contributed by atoms with Crippen molar-refractivity contribution in [3.05, 3.63) is 18.5 Å². The van der Waals surface area contributed by atoms with Crippen molar-refractivity contribution in [1.82, 2.24) is 15.1 Å². The van der Waals surface area contributed by atoms with Gasteiger partial charge >= 0.3 is 0 Å². The van der Waals surface area contributed by atoms with Crippen LogP contribution in [0.4, 0.5) is 0 Å². The van der Waals surface area contributed by atoms with Crippen LogP contribution in [0.1, 0.15) is 40.5 Å². The Kier molecular flexibility index (Phi) is 5.22. The predicted molar refractivity (Wildman–Crippen MR) is 81.6 cm³/mol. The molecule has 4 nitrogen and oxygen atoms in total. The van der Waals surface area contributed by atoms with E-state index in [4.69, 9.17) is 4.74 Å². The van der Waals surface area contributed by atoms with Crippen LogP contribution in [0.25, 0.3) is 0 Å². The second kappa shape index (κ2) is 6.72. The highest BCUT2D eigenvalue weighted by atomic mass is 16.5. The average Bonchev–Trinajstić information content (AvgIpc) is 3.03. The number of aryl methyl sites for hydroxylation is 1. The Balaban J connectivity index is 1.71. The Labute approximate surface area is 122 Å². The maximum absolute atomic E-state index is 5.93. The van der Waals surface area contributed by atoms with Gasteiger partial charge in [0.15, 0.2) is 0 Å². The first kappa shape index (κ1) is 15.5. The Bertz CT molecular complexity index is 383. The highest BCUT2D eigenvalue weighted by Gasteiger charge is 2.36. The predicted octanol–water partition coefficient (Wildman–Crippen LogP) is 2.70. The molecule has 2 rings (SSSR count). The second-order valence-corrected chi connectivity index (χ2v) is 7.07. The fraction of sp³-hybridized carbons (Fsp3) is 0.812. The minimum atomic E-state index is 0.237. The van der Waals surface area contributed by atoms with Crippen molar-refractivity contribution in [3.63, 3.8) is 0 Å². The summed E-state index contributed by atoms with van der Waals surface area (Å²) < 4.78 is 7.92. The summed E-state index contributed by atoms with van der Waals surface area (Å²) in [6.45, 7) is 12.0. The molecule has 0 aliphatic carbocycles. The van der Waals surface area contributed by atoms with Crippen molar-refractivity contribution in [2.24, 2.45) is 11.3 Å². The van der Waals surface area contributed by atoms with Crippen LogP contribution >= 0.6 is 0 Å². The summed E-state index contributed by atoms with van der Waals surface area (Å²) in [5.74, 6) is 0.641. The van der Waals surface area contributed by atoms with Gasteiger partial charge in [0.2, 0.25) is 0 Å². The first-order valence-electron chi connectivity index (χ1n) is 7.79. The van der Waals surface area contributed by atoms with E-state index in [2.05, 4.69) is 38.1 Å². The van der Waals surface area contributed by atoms with Crippen molar-refractivity contribution in [2.45, 2.75) is 59.2 Å². The smallest absolute Gasteiger partial charge is 0.0664 e. The van der Waals surface area contributed by atoms with Gasteiger partial charge in [-0.05, 0) is 31.2 Å². The van der Waals surface area contributed by atoms with E-state index < -0.39 is 0 Å². The zero-order chi connectivity index (χ0) is 14.6. The molecule has 0 saturated carbocycles. The summed E-state index contributed by atoms with van der Waals surface area (Å²) >= 11 is 0. The van der Waals surface area contributed by atoms with Gasteiger partial charge in [-0.15, -0.1) is 0 Å². The number of ether oxygens (including phenoxy) is 1. The Morgan fingerprint density at radius 3 is 2.90 bits per heavy atom. The topological polar surface area (TPSA) is 39.1 Å². The molecule has 0 aromatic carbocycles. The van der Waals surface area contributed by atoms with Gasteiger partial charge in [0.1, 0.15) is 0 Å². The Morgan fingerprint density at radius 2 is 2.25 bits per heavy atom. The normalized spacial score (nSPS) is 25.0. The molecule has 3 atom stereocenters. The van der Waals surface area contributed by atoms with Gasteiger partial charge in [0, 0.05) is 44.0 Å². The van der Waals surface area contributed by atoms with Gasteiger partial charge < -0.3 is 10.1 Å². The van der Waals surface area contributed by atoms with E-state index in [1.807, 2.05) is 23.1 Å². The van der Waals surface area contributed by atoms with Crippen molar-refractivity contribution in [2.75, 3.05) is 13.2 Å². The third kappa shape index (κ3) is 4.32. The molecular weight excluding hydrogens is 250 g/mol. The lowest BCUT2D eigenvalue weighted by atomic mass is 9.81. The fourth-order valence-electron chi connectivity index (χ4n) is 3.01. The van der Waals surface area contributed by atoms with Crippen LogP contribution in [0.15, 0.2) is 18.5 Å². The van der Waals surface area contributed by atoms with Crippen LogP contribution in [-0.4, -0.2) is 35.1 Å². The molecule has 1 aromatic rings. The number of rotatable bonds is 6. The molecule has 114 valence electrons. The molecule has 1 saturated heterocycles. The van der Waals surface area contributed by atoms with Crippen LogP contribution in [0.3, 0.4) is 0 Å². The van der Waals surface area contributed by atoms with E-state index in [0.717, 1.165) is 26.1 Å². The number of nitrogens with one attached hydrogen (secondary N) is 1. The Hall–Kier alpha value is -0.870. The number of nitrogens with zero attached hydrogens (tertiary/aromatic N) is 2. The average molecular weight is 279 g/mol. The number of hydrogen-bond acceptors (Lipinski definition) is 3. The van der Waals surface area contributed by atoms with Crippen LogP contribution in [0.2, 0.25) is 0 Å². The van der Waals surface area contributed by atoms with Gasteiger partial charge in [0.05, 0.1) is 6.10 Å². The highest BCUT2D eigenvalue weighted by Crippen LogP contribution is 2.34. The summed E-state index contributed by atoms with van der Waals surface area (Å²) in [6, 6.07) is 2.49. The summed E-state index contributed by atoms with van der Waals surface area (Å²) in [6.07, 6.45) is 6.53. The molecule has 20 heavy (non-hydrogen) atoms. The van der Waals surface area contributed by atoms with Crippen molar-refractivity contribution >= 4 is 0 Å². The van der Waals surface area contributed by atoms with Crippen LogP contribution in [0, 0.1) is 11.3 Å². The van der Waals surface area contributed by atoms with Gasteiger partial charge in [-0.2, -0.15) is 5.10 Å². The molecule has 1 fully saturated rings. The molecule has 0 unspecified atom stereocenters. The lowest BCUT2D eigenvalue weighted by molar-refractivity contribution is 0.00682. The van der Waals surface area contributed by atoms with Gasteiger partial charge in [-0.3, -0.25) is 4.68 Å². The third-order valence-electron chi connectivity index (χ3n) is 4.15. The molecule has 1 aliphatic rings. The zero-order valence-corrected chi connectivity index (χ0v) is 13.3. The molecule has 4 heteroatoms. The van der Waals surface area contributed by atoms with Crippen molar-refractivity contribution in [1.29, 1.82) is 0 Å². The maximum atomic E-state index is 5.93. The van der Waals surface area contributed by atoms with E-state index in [0.29, 0.717) is 18.1 Å². The molecule has 0 amide bonds. The zero-order valence-electron chi connectivity index (χ0n) is 13.3. The SMILES string of the molecule is C[C@H](CCn1cccn1)NC[C@H]1CCO[C@@H]1C(C)(C)C. The molecular formula is C16H29N3O. The van der Waals surface area contributed by atoms with Gasteiger partial charge in [0.25, 0.3) is 0 Å². The maximum Gasteiger partial charge on any atom is 0.0664 e. The summed E-state index contributed by atoms with van der Waals surface area (Å²) in [7, 11) is 0. The summed E-state index contributed by atoms with van der Waals surface area (Å²) in [5.41, 5.74) is 0.237. The molecule has 0 spiro atoms. The third-order valence-corrected chi connectivity index (χ3v) is 4.15. The largest absolute Gasteiger partial charge is 0.377 e. The molecule has 1 aliphatic heterocycles. The van der Waals surface area contributed by atoms with Crippen LogP contribution < -0.4 is 5.32 Å². The van der Waals surface area contributed by atoms with E-state index >= 15 is 0 Å². The Morgan fingerprint density at radius 1 is 1.45 bits per heavy atom. The fourth-order valence-corrected chi connectivity index (χ4v) is 3.01. The first-order valence-corrected chi connectivity index (χ1v) is 7.79. The second-order valence-electron chi connectivity index (χ2n) is 7.07. The minimum Gasteiger partial charge on any atom is -0.377 e. The first-order chi connectivity index (χ1) is 9.47. The van der Waals surface area contributed by atoms with Crippen molar-refractivity contribution < 1.29 is 4.74 Å². The lowest BCUT2D eigenvalue weighted by Gasteiger charge is -2.31. The lowest BCUT2D eigenvalue weighted by Crippen LogP contribution is -2.39. The van der Waals surface area contributed by atoms with Crippen LogP contribution in [0.5, 0.6) is 0 Å². The van der Waals surface area contributed by atoms with E-state index in [1.165, 1.54) is 6.42 Å². The highest BCUT2D eigenvalue weighted by molar-refractivity contribution is 4.87. The van der Waals surface area contributed by atoms with E-state index in [1.54, 1.807) is 0 Å².